The summed E-state index contributed by atoms with van der Waals surface area (Å²) in [6.45, 7) is 5.22. The van der Waals surface area contributed by atoms with Crippen LogP contribution in [0.1, 0.15) is 26.7 Å². The van der Waals surface area contributed by atoms with Crippen LogP contribution in [0.4, 0.5) is 0 Å². The molecule has 0 spiro atoms. The van der Waals surface area contributed by atoms with Crippen LogP contribution in [-0.4, -0.2) is 19.4 Å². The minimum atomic E-state index is -2.71. The molecular formula is C8H17O3P. The van der Waals surface area contributed by atoms with Crippen molar-refractivity contribution in [1.82, 2.24) is 0 Å². The van der Waals surface area contributed by atoms with Gasteiger partial charge in [0.2, 0.25) is 0 Å². The second-order valence-electron chi connectivity index (χ2n) is 3.56. The quantitative estimate of drug-likeness (QED) is 0.631. The Balaban J connectivity index is 2.49. The average Bonchev–Trinajstić information content (AvgIpc) is 2.12. The van der Waals surface area contributed by atoms with Crippen LogP contribution in [0.2, 0.25) is 0 Å². The van der Waals surface area contributed by atoms with E-state index in [2.05, 4.69) is 0 Å². The highest BCUT2D eigenvalue weighted by molar-refractivity contribution is 7.53. The second-order valence-corrected chi connectivity index (χ2v) is 5.66. The molecule has 0 aromatic carbocycles. The zero-order valence-electron chi connectivity index (χ0n) is 7.78. The molecule has 0 aliphatic carbocycles. The van der Waals surface area contributed by atoms with E-state index in [0.29, 0.717) is 25.3 Å². The molecular weight excluding hydrogens is 175 g/mol. The van der Waals surface area contributed by atoms with Gasteiger partial charge < -0.3 is 9.05 Å². The summed E-state index contributed by atoms with van der Waals surface area (Å²) >= 11 is 0. The Bertz CT molecular complexity index is 167. The molecule has 1 heterocycles. The van der Waals surface area contributed by atoms with Crippen molar-refractivity contribution < 1.29 is 13.6 Å². The summed E-state index contributed by atoms with van der Waals surface area (Å²) < 4.78 is 22.3. The molecule has 0 atom stereocenters. The van der Waals surface area contributed by atoms with E-state index in [1.54, 1.807) is 0 Å². The maximum absolute atomic E-state index is 11.8. The second kappa shape index (κ2) is 4.40. The van der Waals surface area contributed by atoms with Crippen LogP contribution in [0.15, 0.2) is 0 Å². The van der Waals surface area contributed by atoms with E-state index in [9.17, 15) is 4.57 Å². The van der Waals surface area contributed by atoms with E-state index in [-0.39, 0.29) is 0 Å². The van der Waals surface area contributed by atoms with Crippen molar-refractivity contribution >= 4 is 7.60 Å². The van der Waals surface area contributed by atoms with E-state index in [4.69, 9.17) is 9.05 Å². The van der Waals surface area contributed by atoms with Crippen LogP contribution in [-0.2, 0) is 13.6 Å². The predicted molar refractivity (Wildman–Crippen MR) is 48.4 cm³/mol. The Morgan fingerprint density at radius 2 is 1.75 bits per heavy atom. The first kappa shape index (κ1) is 10.2. The van der Waals surface area contributed by atoms with Crippen molar-refractivity contribution in [3.8, 4) is 0 Å². The third-order valence-electron chi connectivity index (χ3n) is 1.70. The van der Waals surface area contributed by atoms with Gasteiger partial charge in [0.25, 0.3) is 0 Å². The Kier molecular flexibility index (Phi) is 3.76. The van der Waals surface area contributed by atoms with Gasteiger partial charge in [-0.05, 0) is 18.8 Å². The fraction of sp³-hybridized carbons (Fsp3) is 1.00. The van der Waals surface area contributed by atoms with Crippen molar-refractivity contribution in [2.75, 3.05) is 19.4 Å². The minimum absolute atomic E-state index is 0.369. The highest BCUT2D eigenvalue weighted by atomic mass is 31.2. The standard InChI is InChI=1S/C8H17O3P/c1-8(2)7-12(9)10-5-3-4-6-11-12/h8H,3-7H2,1-2H3. The van der Waals surface area contributed by atoms with E-state index < -0.39 is 7.60 Å². The molecule has 0 radical (unpaired) electrons. The van der Waals surface area contributed by atoms with E-state index >= 15 is 0 Å². The van der Waals surface area contributed by atoms with E-state index in [1.165, 1.54) is 0 Å². The monoisotopic (exact) mass is 192 g/mol. The summed E-state index contributed by atoms with van der Waals surface area (Å²) in [5.41, 5.74) is 0. The third-order valence-corrected chi connectivity index (χ3v) is 4.03. The summed E-state index contributed by atoms with van der Waals surface area (Å²) in [7, 11) is -2.71. The van der Waals surface area contributed by atoms with Gasteiger partial charge in [-0.1, -0.05) is 13.8 Å². The molecule has 1 rings (SSSR count). The Morgan fingerprint density at radius 1 is 1.25 bits per heavy atom. The molecule has 0 saturated carbocycles. The molecule has 1 aliphatic heterocycles. The van der Waals surface area contributed by atoms with E-state index in [0.717, 1.165) is 12.8 Å². The Labute approximate surface area is 74.0 Å². The molecule has 1 fully saturated rings. The summed E-state index contributed by atoms with van der Waals surface area (Å²) in [6, 6.07) is 0. The summed E-state index contributed by atoms with van der Waals surface area (Å²) in [6.07, 6.45) is 2.47. The molecule has 1 saturated heterocycles. The predicted octanol–water partition coefficient (Wildman–Crippen LogP) is 2.66. The zero-order chi connectivity index (χ0) is 9.03. The van der Waals surface area contributed by atoms with Gasteiger partial charge in [0.15, 0.2) is 0 Å². The van der Waals surface area contributed by atoms with Gasteiger partial charge in [-0.3, -0.25) is 4.57 Å². The molecule has 0 aromatic heterocycles. The largest absolute Gasteiger partial charge is 0.330 e. The van der Waals surface area contributed by atoms with Gasteiger partial charge >= 0.3 is 7.60 Å². The molecule has 0 amide bonds. The Morgan fingerprint density at radius 3 is 2.17 bits per heavy atom. The van der Waals surface area contributed by atoms with Crippen molar-refractivity contribution in [2.24, 2.45) is 5.92 Å². The van der Waals surface area contributed by atoms with Gasteiger partial charge in [0.1, 0.15) is 0 Å². The van der Waals surface area contributed by atoms with Gasteiger partial charge in [-0.25, -0.2) is 0 Å². The normalized spacial score (nSPS) is 23.9. The lowest BCUT2D eigenvalue weighted by atomic mass is 10.3. The molecule has 1 aliphatic rings. The maximum Gasteiger partial charge on any atom is 0.330 e. The van der Waals surface area contributed by atoms with Crippen LogP contribution in [0.5, 0.6) is 0 Å². The fourth-order valence-electron chi connectivity index (χ4n) is 1.20. The van der Waals surface area contributed by atoms with Gasteiger partial charge in [-0.2, -0.15) is 0 Å². The lowest BCUT2D eigenvalue weighted by Crippen LogP contribution is -2.03. The van der Waals surface area contributed by atoms with Gasteiger partial charge in [0.05, 0.1) is 19.4 Å². The van der Waals surface area contributed by atoms with Gasteiger partial charge in [0, 0.05) is 0 Å². The summed E-state index contributed by atoms with van der Waals surface area (Å²) in [5.74, 6) is 0.369. The smallest absolute Gasteiger partial charge is 0.309 e. The van der Waals surface area contributed by atoms with E-state index in [1.807, 2.05) is 13.8 Å². The first-order valence-corrected chi connectivity index (χ1v) is 6.23. The number of hydrogen-bond donors (Lipinski definition) is 0. The van der Waals surface area contributed by atoms with Crippen molar-refractivity contribution in [1.29, 1.82) is 0 Å². The third kappa shape index (κ3) is 3.26. The highest BCUT2D eigenvalue weighted by Gasteiger charge is 2.27. The molecule has 12 heavy (non-hydrogen) atoms. The topological polar surface area (TPSA) is 35.5 Å². The molecule has 3 nitrogen and oxygen atoms in total. The van der Waals surface area contributed by atoms with Crippen molar-refractivity contribution in [3.05, 3.63) is 0 Å². The molecule has 0 aromatic rings. The van der Waals surface area contributed by atoms with Crippen LogP contribution in [0.25, 0.3) is 0 Å². The molecule has 0 bridgehead atoms. The molecule has 72 valence electrons. The minimum Gasteiger partial charge on any atom is -0.309 e. The van der Waals surface area contributed by atoms with Crippen molar-refractivity contribution in [3.63, 3.8) is 0 Å². The van der Waals surface area contributed by atoms with Crippen LogP contribution in [0.3, 0.4) is 0 Å². The van der Waals surface area contributed by atoms with Crippen LogP contribution < -0.4 is 0 Å². The molecule has 0 N–H and O–H groups in total. The maximum atomic E-state index is 11.8. The Hall–Kier alpha value is 0.150. The lowest BCUT2D eigenvalue weighted by molar-refractivity contribution is 0.236. The van der Waals surface area contributed by atoms with Crippen LogP contribution >= 0.6 is 7.60 Å². The van der Waals surface area contributed by atoms with Gasteiger partial charge in [-0.15, -0.1) is 0 Å². The zero-order valence-corrected chi connectivity index (χ0v) is 8.68. The fourth-order valence-corrected chi connectivity index (χ4v) is 3.20. The summed E-state index contributed by atoms with van der Waals surface area (Å²) in [5, 5.41) is 0. The lowest BCUT2D eigenvalue weighted by Gasteiger charge is -2.16. The number of rotatable bonds is 2. The first-order valence-electron chi connectivity index (χ1n) is 4.50. The first-order chi connectivity index (χ1) is 5.62. The van der Waals surface area contributed by atoms with Crippen molar-refractivity contribution in [2.45, 2.75) is 26.7 Å². The molecule has 4 heteroatoms. The highest BCUT2D eigenvalue weighted by Crippen LogP contribution is 2.50. The average molecular weight is 192 g/mol. The SMILES string of the molecule is CC(C)CP1(=O)OCCCCO1. The van der Waals surface area contributed by atoms with Crippen LogP contribution in [0, 0.1) is 5.92 Å². The summed E-state index contributed by atoms with van der Waals surface area (Å²) in [4.78, 5) is 0. The molecule has 0 unspecified atom stereocenters. The number of hydrogen-bond acceptors (Lipinski definition) is 3.